The smallest absolute Gasteiger partial charge is 0.498 e. The van der Waals surface area contributed by atoms with Crippen LogP contribution in [0.2, 0.25) is 0 Å². The van der Waals surface area contributed by atoms with Crippen LogP contribution in [0, 0.1) is 0 Å². The summed E-state index contributed by atoms with van der Waals surface area (Å²) in [5.41, 5.74) is -1.00. The van der Waals surface area contributed by atoms with Crippen molar-refractivity contribution in [2.75, 3.05) is 20.1 Å². The average Bonchev–Trinajstić information content (AvgIpc) is 2.44. The molecule has 0 N–H and O–H groups in total. The fourth-order valence-corrected chi connectivity index (χ4v) is 1.47. The fourth-order valence-electron chi connectivity index (χ4n) is 1.47. The van der Waals surface area contributed by atoms with Crippen molar-refractivity contribution in [3.8, 4) is 0 Å². The number of hydrogen-bond acceptors (Lipinski definition) is 4. The lowest BCUT2D eigenvalue weighted by molar-refractivity contribution is 0.00578. The SMILES string of the molecule is [2H]C1([2H])OC(B2OC(C)(C)C(C)(C)O2)=CN(C)C1([2H])[2H]. The molecule has 90 valence electrons. The van der Waals surface area contributed by atoms with Crippen molar-refractivity contribution in [1.29, 1.82) is 0 Å². The number of hydrogen-bond donors (Lipinski definition) is 0. The number of nitrogens with zero attached hydrogens (tertiary/aromatic N) is 1. The first-order valence-electron chi connectivity index (χ1n) is 7.29. The van der Waals surface area contributed by atoms with Crippen LogP contribution in [-0.2, 0) is 14.0 Å². The van der Waals surface area contributed by atoms with Gasteiger partial charge >= 0.3 is 7.12 Å². The Morgan fingerprint density at radius 1 is 1.31 bits per heavy atom. The van der Waals surface area contributed by atoms with Crippen LogP contribution in [0.15, 0.2) is 11.9 Å². The molecule has 16 heavy (non-hydrogen) atoms. The molecular formula is C11H20BNO3. The maximum absolute atomic E-state index is 7.73. The van der Waals surface area contributed by atoms with Crippen LogP contribution in [0.1, 0.15) is 33.2 Å². The molecule has 0 spiro atoms. The zero-order valence-electron chi connectivity index (χ0n) is 14.3. The lowest BCUT2D eigenvalue weighted by Gasteiger charge is -2.32. The molecule has 4 nitrogen and oxygen atoms in total. The summed E-state index contributed by atoms with van der Waals surface area (Å²) in [5.74, 6) is 0. The highest BCUT2D eigenvalue weighted by molar-refractivity contribution is 6.53. The second-order valence-electron chi connectivity index (χ2n) is 5.05. The van der Waals surface area contributed by atoms with E-state index in [4.69, 9.17) is 19.5 Å². The van der Waals surface area contributed by atoms with Crippen LogP contribution in [0.4, 0.5) is 0 Å². The Balaban J connectivity index is 2.29. The summed E-state index contributed by atoms with van der Waals surface area (Å²) in [5, 5.41) is 0. The molecule has 0 aromatic rings. The molecule has 0 aromatic heterocycles. The van der Waals surface area contributed by atoms with Crippen molar-refractivity contribution < 1.29 is 19.5 Å². The second kappa shape index (κ2) is 3.67. The number of rotatable bonds is 1. The Morgan fingerprint density at radius 2 is 1.88 bits per heavy atom. The van der Waals surface area contributed by atoms with E-state index < -0.39 is 31.4 Å². The minimum atomic E-state index is -2.49. The van der Waals surface area contributed by atoms with E-state index in [1.54, 1.807) is 0 Å². The van der Waals surface area contributed by atoms with Crippen molar-refractivity contribution in [1.82, 2.24) is 4.90 Å². The van der Waals surface area contributed by atoms with E-state index in [0.717, 1.165) is 4.90 Å². The van der Waals surface area contributed by atoms with E-state index in [2.05, 4.69) is 0 Å². The van der Waals surface area contributed by atoms with Gasteiger partial charge in [-0.15, -0.1) is 0 Å². The molecule has 0 bridgehead atoms. The summed E-state index contributed by atoms with van der Waals surface area (Å²) in [4.78, 5) is 1.14. The predicted octanol–water partition coefficient (Wildman–Crippen LogP) is 1.42. The van der Waals surface area contributed by atoms with Crippen LogP contribution in [0.3, 0.4) is 0 Å². The molecule has 0 unspecified atom stereocenters. The number of likely N-dealkylation sites (N-methyl/N-ethyl adjacent to an activating group) is 1. The number of ether oxygens (including phenoxy) is 1. The summed E-state index contributed by atoms with van der Waals surface area (Å²) in [6, 6.07) is 0. The van der Waals surface area contributed by atoms with Gasteiger partial charge in [-0.3, -0.25) is 0 Å². The zero-order chi connectivity index (χ0) is 15.6. The topological polar surface area (TPSA) is 30.9 Å². The van der Waals surface area contributed by atoms with Crippen molar-refractivity contribution in [2.45, 2.75) is 38.9 Å². The van der Waals surface area contributed by atoms with Gasteiger partial charge in [0.2, 0.25) is 0 Å². The van der Waals surface area contributed by atoms with Crippen molar-refractivity contribution in [2.24, 2.45) is 0 Å². The van der Waals surface area contributed by atoms with Gasteiger partial charge in [-0.2, -0.15) is 0 Å². The quantitative estimate of drug-likeness (QED) is 0.636. The first-order valence-corrected chi connectivity index (χ1v) is 5.29. The van der Waals surface area contributed by atoms with Crippen LogP contribution >= 0.6 is 0 Å². The maximum atomic E-state index is 7.73. The third kappa shape index (κ3) is 1.94. The summed E-state index contributed by atoms with van der Waals surface area (Å²) in [6.07, 6.45) is 1.38. The van der Waals surface area contributed by atoms with Gasteiger partial charge in [0.1, 0.15) is 12.2 Å². The largest absolute Gasteiger partial charge is 0.533 e. The molecule has 0 atom stereocenters. The minimum absolute atomic E-state index is 0.131. The Labute approximate surface area is 103 Å². The van der Waals surface area contributed by atoms with Gasteiger partial charge in [-0.1, -0.05) is 0 Å². The summed E-state index contributed by atoms with van der Waals surface area (Å²) in [6.45, 7) is 2.78. The Hall–Kier alpha value is -0.675. The minimum Gasteiger partial charge on any atom is -0.498 e. The van der Waals surface area contributed by atoms with Gasteiger partial charge < -0.3 is 18.9 Å². The molecule has 0 radical (unpaired) electrons. The van der Waals surface area contributed by atoms with Crippen molar-refractivity contribution in [3.63, 3.8) is 0 Å². The van der Waals surface area contributed by atoms with Gasteiger partial charge in [0.15, 0.2) is 0 Å². The average molecular weight is 229 g/mol. The third-order valence-electron chi connectivity index (χ3n) is 3.20. The fraction of sp³-hybridized carbons (Fsp3) is 0.818. The zero-order valence-corrected chi connectivity index (χ0v) is 10.3. The Morgan fingerprint density at radius 3 is 2.38 bits per heavy atom. The van der Waals surface area contributed by atoms with E-state index in [1.165, 1.54) is 13.2 Å². The molecule has 2 aliphatic heterocycles. The van der Waals surface area contributed by atoms with Gasteiger partial charge in [-0.05, 0) is 27.7 Å². The second-order valence-corrected chi connectivity index (χ2v) is 5.05. The molecule has 1 fully saturated rings. The molecule has 0 saturated carbocycles. The maximum Gasteiger partial charge on any atom is 0.533 e. The van der Waals surface area contributed by atoms with Crippen LogP contribution in [0.25, 0.3) is 0 Å². The van der Waals surface area contributed by atoms with E-state index in [1.807, 2.05) is 27.7 Å². The molecule has 2 heterocycles. The lowest BCUT2D eigenvalue weighted by Crippen LogP contribution is -2.41. The van der Waals surface area contributed by atoms with Crippen LogP contribution < -0.4 is 0 Å². The van der Waals surface area contributed by atoms with E-state index in [9.17, 15) is 0 Å². The van der Waals surface area contributed by atoms with Gasteiger partial charge in [0, 0.05) is 13.2 Å². The lowest BCUT2D eigenvalue weighted by atomic mass is 9.86. The molecule has 0 aliphatic carbocycles. The molecule has 0 aromatic carbocycles. The molecule has 2 rings (SSSR count). The Bertz CT molecular complexity index is 437. The van der Waals surface area contributed by atoms with E-state index in [0.29, 0.717) is 0 Å². The van der Waals surface area contributed by atoms with E-state index >= 15 is 0 Å². The van der Waals surface area contributed by atoms with E-state index in [-0.39, 0.29) is 5.66 Å². The standard InChI is InChI=1S/C11H20BNO3/c1-10(2)11(3,4)16-12(15-10)9-8-13(5)6-7-14-9/h8H,6-7H2,1-5H3/i6D2,7D2. The molecule has 2 aliphatic rings. The molecule has 0 amide bonds. The summed E-state index contributed by atoms with van der Waals surface area (Å²) < 4.78 is 47.6. The first kappa shape index (κ1) is 7.61. The van der Waals surface area contributed by atoms with Crippen molar-refractivity contribution in [3.05, 3.63) is 11.9 Å². The highest BCUT2D eigenvalue weighted by Gasteiger charge is 2.53. The molecule has 1 saturated heterocycles. The summed E-state index contributed by atoms with van der Waals surface area (Å²) in [7, 11) is 0.597. The first-order chi connectivity index (χ1) is 8.80. The normalized spacial score (nSPS) is 37.7. The van der Waals surface area contributed by atoms with Gasteiger partial charge in [0.25, 0.3) is 0 Å². The van der Waals surface area contributed by atoms with Crippen LogP contribution in [-0.4, -0.2) is 43.3 Å². The van der Waals surface area contributed by atoms with Gasteiger partial charge in [-0.25, -0.2) is 0 Å². The van der Waals surface area contributed by atoms with Gasteiger partial charge in [0.05, 0.1) is 23.2 Å². The highest BCUT2D eigenvalue weighted by atomic mass is 16.7. The molecular weight excluding hydrogens is 205 g/mol. The summed E-state index contributed by atoms with van der Waals surface area (Å²) >= 11 is 0. The highest BCUT2D eigenvalue weighted by Crippen LogP contribution is 2.38. The Kier molecular flexibility index (Phi) is 1.75. The molecule has 5 heteroatoms. The van der Waals surface area contributed by atoms with Crippen LogP contribution in [0.5, 0.6) is 0 Å². The monoisotopic (exact) mass is 229 g/mol. The predicted molar refractivity (Wildman–Crippen MR) is 62.7 cm³/mol. The van der Waals surface area contributed by atoms with Crippen molar-refractivity contribution >= 4 is 7.12 Å². The third-order valence-corrected chi connectivity index (χ3v) is 3.20.